The number of para-hydroxylation sites is 1. The number of rotatable bonds is 11. The lowest BCUT2D eigenvalue weighted by Gasteiger charge is -2.20. The Morgan fingerprint density at radius 3 is 2.71 bits per heavy atom. The summed E-state index contributed by atoms with van der Waals surface area (Å²) in [5, 5.41) is 6.94. The number of esters is 1. The van der Waals surface area contributed by atoms with Crippen LogP contribution >= 0.6 is 0 Å². The highest BCUT2D eigenvalue weighted by Gasteiger charge is 2.23. The zero-order valence-corrected chi connectivity index (χ0v) is 17.5. The number of unbranched alkanes of at least 4 members (excludes halogenated alkanes) is 3. The number of ether oxygens (including phenoxy) is 1. The topological polar surface area (TPSA) is 66.0 Å². The zero-order chi connectivity index (χ0) is 20.0. The molecule has 0 radical (unpaired) electrons. The van der Waals surface area contributed by atoms with Gasteiger partial charge in [0.2, 0.25) is 0 Å². The maximum Gasteiger partial charge on any atom is 0.305 e. The lowest BCUT2D eigenvalue weighted by atomic mass is 10.1. The van der Waals surface area contributed by atoms with Gasteiger partial charge in [0.15, 0.2) is 5.96 Å². The number of carbonyl (C=O) groups excluding carboxylic acids is 1. The Bertz CT molecular complexity index is 591. The predicted molar refractivity (Wildman–Crippen MR) is 116 cm³/mol. The molecule has 1 aliphatic rings. The maximum atomic E-state index is 11.3. The van der Waals surface area contributed by atoms with Crippen LogP contribution in [0.3, 0.4) is 0 Å². The van der Waals surface area contributed by atoms with E-state index in [0.29, 0.717) is 19.1 Å². The van der Waals surface area contributed by atoms with Crippen molar-refractivity contribution in [2.45, 2.75) is 58.4 Å². The van der Waals surface area contributed by atoms with E-state index in [1.807, 2.05) is 6.92 Å². The van der Waals surface area contributed by atoms with Crippen LogP contribution in [-0.4, -0.2) is 50.8 Å². The van der Waals surface area contributed by atoms with Crippen molar-refractivity contribution >= 4 is 17.6 Å². The molecule has 0 saturated carbocycles. The Morgan fingerprint density at radius 2 is 1.96 bits per heavy atom. The van der Waals surface area contributed by atoms with Crippen molar-refractivity contribution in [3.8, 4) is 0 Å². The molecule has 2 N–H and O–H groups in total. The quantitative estimate of drug-likeness (QED) is 0.263. The van der Waals surface area contributed by atoms with Crippen LogP contribution in [-0.2, 0) is 9.53 Å². The Morgan fingerprint density at radius 1 is 1.18 bits per heavy atom. The number of nitrogens with one attached hydrogen (secondary N) is 2. The summed E-state index contributed by atoms with van der Waals surface area (Å²) < 4.78 is 4.95. The van der Waals surface area contributed by atoms with Crippen molar-refractivity contribution in [1.29, 1.82) is 0 Å². The number of benzene rings is 1. The fourth-order valence-electron chi connectivity index (χ4n) is 3.42. The third kappa shape index (κ3) is 8.19. The molecule has 0 aromatic heterocycles. The SMILES string of the molecule is CCNC(=NCCCCCCC(=O)OCC)NC1CCN(c2ccccc2)C1. The van der Waals surface area contributed by atoms with Crippen molar-refractivity contribution in [3.05, 3.63) is 30.3 Å². The van der Waals surface area contributed by atoms with Crippen LogP contribution in [0.2, 0.25) is 0 Å². The molecule has 6 heteroatoms. The summed E-state index contributed by atoms with van der Waals surface area (Å²) in [7, 11) is 0. The van der Waals surface area contributed by atoms with Gasteiger partial charge in [-0.2, -0.15) is 0 Å². The van der Waals surface area contributed by atoms with E-state index in [2.05, 4.69) is 52.8 Å². The molecule has 1 aromatic rings. The minimum absolute atomic E-state index is 0.0831. The van der Waals surface area contributed by atoms with Gasteiger partial charge in [0.1, 0.15) is 0 Å². The molecule has 1 fully saturated rings. The summed E-state index contributed by atoms with van der Waals surface area (Å²) in [6.07, 6.45) is 5.73. The molecule has 1 aromatic carbocycles. The Hall–Kier alpha value is -2.24. The van der Waals surface area contributed by atoms with E-state index in [4.69, 9.17) is 9.73 Å². The molecule has 1 saturated heterocycles. The first kappa shape index (κ1) is 22.1. The van der Waals surface area contributed by atoms with Gasteiger partial charge in [-0.3, -0.25) is 9.79 Å². The van der Waals surface area contributed by atoms with E-state index >= 15 is 0 Å². The minimum atomic E-state index is -0.0831. The number of anilines is 1. The second-order valence-corrected chi connectivity index (χ2v) is 7.14. The van der Waals surface area contributed by atoms with Crippen molar-refractivity contribution in [2.24, 2.45) is 4.99 Å². The maximum absolute atomic E-state index is 11.3. The Kier molecular flexibility index (Phi) is 10.3. The van der Waals surface area contributed by atoms with Gasteiger partial charge < -0.3 is 20.3 Å². The van der Waals surface area contributed by atoms with E-state index in [0.717, 1.165) is 64.2 Å². The monoisotopic (exact) mass is 388 g/mol. The van der Waals surface area contributed by atoms with Gasteiger partial charge in [-0.1, -0.05) is 31.0 Å². The minimum Gasteiger partial charge on any atom is -0.466 e. The summed E-state index contributed by atoms with van der Waals surface area (Å²) in [5.74, 6) is 0.828. The standard InChI is InChI=1S/C22H36N4O2/c1-3-23-22(24-16-11-6-5-10-14-21(27)28-4-2)25-19-15-17-26(18-19)20-12-8-7-9-13-20/h7-9,12-13,19H,3-6,10-11,14-18H2,1-2H3,(H2,23,24,25). The molecule has 1 atom stereocenters. The van der Waals surface area contributed by atoms with Crippen molar-refractivity contribution in [3.63, 3.8) is 0 Å². The molecule has 0 bridgehead atoms. The van der Waals surface area contributed by atoms with Crippen molar-refractivity contribution in [2.75, 3.05) is 37.7 Å². The molecule has 1 unspecified atom stereocenters. The molecular formula is C22H36N4O2. The molecular weight excluding hydrogens is 352 g/mol. The normalized spacial score (nSPS) is 16.9. The summed E-state index contributed by atoms with van der Waals surface area (Å²) in [4.78, 5) is 18.5. The van der Waals surface area contributed by atoms with E-state index < -0.39 is 0 Å². The van der Waals surface area contributed by atoms with Crippen LogP contribution in [0, 0.1) is 0 Å². The highest BCUT2D eigenvalue weighted by atomic mass is 16.5. The van der Waals surface area contributed by atoms with Gasteiger partial charge >= 0.3 is 5.97 Å². The van der Waals surface area contributed by atoms with E-state index in [1.165, 1.54) is 5.69 Å². The van der Waals surface area contributed by atoms with E-state index in [9.17, 15) is 4.79 Å². The van der Waals surface area contributed by atoms with Crippen LogP contribution in [0.25, 0.3) is 0 Å². The largest absolute Gasteiger partial charge is 0.466 e. The van der Waals surface area contributed by atoms with Gasteiger partial charge in [-0.05, 0) is 45.2 Å². The second-order valence-electron chi connectivity index (χ2n) is 7.14. The molecule has 28 heavy (non-hydrogen) atoms. The number of guanidine groups is 1. The first-order chi connectivity index (χ1) is 13.7. The highest BCUT2D eigenvalue weighted by molar-refractivity contribution is 5.80. The summed E-state index contributed by atoms with van der Waals surface area (Å²) >= 11 is 0. The first-order valence-corrected chi connectivity index (χ1v) is 10.7. The fraction of sp³-hybridized carbons (Fsp3) is 0.636. The Labute approximate surface area is 169 Å². The van der Waals surface area contributed by atoms with Crippen LogP contribution < -0.4 is 15.5 Å². The molecule has 6 nitrogen and oxygen atoms in total. The van der Waals surface area contributed by atoms with Crippen molar-refractivity contribution in [1.82, 2.24) is 10.6 Å². The van der Waals surface area contributed by atoms with E-state index in [1.54, 1.807) is 0 Å². The van der Waals surface area contributed by atoms with Gasteiger partial charge in [-0.25, -0.2) is 0 Å². The summed E-state index contributed by atoms with van der Waals surface area (Å²) in [6.45, 7) is 8.15. The Balaban J connectivity index is 1.66. The molecule has 0 amide bonds. The summed E-state index contributed by atoms with van der Waals surface area (Å²) in [5.41, 5.74) is 1.29. The molecule has 0 spiro atoms. The lowest BCUT2D eigenvalue weighted by Crippen LogP contribution is -2.44. The highest BCUT2D eigenvalue weighted by Crippen LogP contribution is 2.19. The van der Waals surface area contributed by atoms with Crippen molar-refractivity contribution < 1.29 is 9.53 Å². The molecule has 1 heterocycles. The molecule has 0 aliphatic carbocycles. The lowest BCUT2D eigenvalue weighted by molar-refractivity contribution is -0.143. The average molecular weight is 389 g/mol. The summed E-state index contributed by atoms with van der Waals surface area (Å²) in [6, 6.07) is 11.0. The molecule has 1 aliphatic heterocycles. The number of carbonyl (C=O) groups is 1. The van der Waals surface area contributed by atoms with Crippen LogP contribution in [0.5, 0.6) is 0 Å². The smallest absolute Gasteiger partial charge is 0.305 e. The average Bonchev–Trinajstić information content (AvgIpc) is 3.17. The fourth-order valence-corrected chi connectivity index (χ4v) is 3.42. The first-order valence-electron chi connectivity index (χ1n) is 10.7. The number of aliphatic imine (C=N–C) groups is 1. The van der Waals surface area contributed by atoms with Gasteiger partial charge in [0, 0.05) is 44.3 Å². The third-order valence-electron chi connectivity index (χ3n) is 4.86. The molecule has 2 rings (SSSR count). The molecule has 156 valence electrons. The van der Waals surface area contributed by atoms with Gasteiger partial charge in [0.05, 0.1) is 6.61 Å². The number of nitrogens with zero attached hydrogens (tertiary/aromatic N) is 2. The number of hydrogen-bond donors (Lipinski definition) is 2. The van der Waals surface area contributed by atoms with Gasteiger partial charge in [-0.15, -0.1) is 0 Å². The van der Waals surface area contributed by atoms with Crippen LogP contribution in [0.4, 0.5) is 5.69 Å². The predicted octanol–water partition coefficient (Wildman–Crippen LogP) is 3.33. The van der Waals surface area contributed by atoms with Crippen LogP contribution in [0.15, 0.2) is 35.3 Å². The third-order valence-corrected chi connectivity index (χ3v) is 4.86. The van der Waals surface area contributed by atoms with E-state index in [-0.39, 0.29) is 5.97 Å². The van der Waals surface area contributed by atoms with Gasteiger partial charge in [0.25, 0.3) is 0 Å². The number of hydrogen-bond acceptors (Lipinski definition) is 4. The van der Waals surface area contributed by atoms with Crippen LogP contribution in [0.1, 0.15) is 52.4 Å². The zero-order valence-electron chi connectivity index (χ0n) is 17.5. The second kappa shape index (κ2) is 13.0.